The maximum Gasteiger partial charge on any atom is 0.340 e. The van der Waals surface area contributed by atoms with E-state index < -0.39 is 11.8 Å². The zero-order chi connectivity index (χ0) is 13.3. The highest BCUT2D eigenvalue weighted by Crippen LogP contribution is 2.37. The molecule has 1 aliphatic heterocycles. The van der Waals surface area contributed by atoms with Crippen molar-refractivity contribution in [2.24, 2.45) is 0 Å². The van der Waals surface area contributed by atoms with Gasteiger partial charge in [-0.1, -0.05) is 15.9 Å². The van der Waals surface area contributed by atoms with E-state index in [1.54, 1.807) is 13.0 Å². The highest BCUT2D eigenvalue weighted by molar-refractivity contribution is 9.10. The number of halogens is 1. The van der Waals surface area contributed by atoms with E-state index >= 15 is 0 Å². The summed E-state index contributed by atoms with van der Waals surface area (Å²) in [7, 11) is 2.82. The normalized spacial score (nSPS) is 21.7. The molecule has 4 nitrogen and oxygen atoms in total. The molecule has 1 unspecified atom stereocenters. The number of methoxy groups -OCH3 is 2. The van der Waals surface area contributed by atoms with Crippen LogP contribution in [-0.2, 0) is 14.3 Å². The van der Waals surface area contributed by atoms with E-state index in [0.29, 0.717) is 11.3 Å². The predicted octanol–water partition coefficient (Wildman–Crippen LogP) is 2.76. The summed E-state index contributed by atoms with van der Waals surface area (Å²) in [5, 5.41) is 0. The number of ether oxygens (including phenoxy) is 3. The Morgan fingerprint density at radius 2 is 2.11 bits per heavy atom. The van der Waals surface area contributed by atoms with E-state index in [4.69, 9.17) is 14.2 Å². The smallest absolute Gasteiger partial charge is 0.340 e. The Balaban J connectivity index is 2.55. The molecule has 2 rings (SSSR count). The molecular formula is C13H13BrO4. The van der Waals surface area contributed by atoms with Crippen molar-refractivity contribution < 1.29 is 19.0 Å². The van der Waals surface area contributed by atoms with Crippen LogP contribution in [0.25, 0.3) is 6.08 Å². The maximum atomic E-state index is 11.8. The fourth-order valence-corrected chi connectivity index (χ4v) is 2.16. The number of carbonyl (C=O) groups is 1. The first kappa shape index (κ1) is 13.1. The van der Waals surface area contributed by atoms with Crippen molar-refractivity contribution in [3.8, 4) is 5.75 Å². The standard InChI is InChI=1S/C13H13BrO4/c1-13(17-3)10(12(15)16-2)7-8-6-9(14)4-5-11(8)18-13/h4-7H,1-3H3. The molecule has 0 radical (unpaired) electrons. The van der Waals surface area contributed by atoms with Crippen LogP contribution >= 0.6 is 15.9 Å². The molecule has 0 aromatic heterocycles. The van der Waals surface area contributed by atoms with Gasteiger partial charge in [-0.3, -0.25) is 0 Å². The maximum absolute atomic E-state index is 11.8. The zero-order valence-corrected chi connectivity index (χ0v) is 11.9. The molecule has 0 fully saturated rings. The van der Waals surface area contributed by atoms with Gasteiger partial charge in [-0.2, -0.15) is 0 Å². The van der Waals surface area contributed by atoms with Crippen molar-refractivity contribution in [3.05, 3.63) is 33.8 Å². The second-order valence-corrected chi connectivity index (χ2v) is 4.90. The minimum atomic E-state index is -1.13. The Morgan fingerprint density at radius 1 is 1.39 bits per heavy atom. The zero-order valence-electron chi connectivity index (χ0n) is 10.3. The number of hydrogen-bond donors (Lipinski definition) is 0. The van der Waals surface area contributed by atoms with Crippen LogP contribution in [-0.4, -0.2) is 26.0 Å². The molecule has 0 saturated heterocycles. The van der Waals surface area contributed by atoms with Gasteiger partial charge in [0, 0.05) is 24.1 Å². The van der Waals surface area contributed by atoms with Gasteiger partial charge in [-0.25, -0.2) is 4.79 Å². The lowest BCUT2D eigenvalue weighted by Gasteiger charge is -2.34. The summed E-state index contributed by atoms with van der Waals surface area (Å²) in [5.41, 5.74) is 1.14. The molecule has 1 heterocycles. The van der Waals surface area contributed by atoms with E-state index in [1.165, 1.54) is 14.2 Å². The molecule has 1 aromatic rings. The summed E-state index contributed by atoms with van der Waals surface area (Å²) >= 11 is 3.38. The molecule has 1 aromatic carbocycles. The van der Waals surface area contributed by atoms with Gasteiger partial charge in [-0.15, -0.1) is 0 Å². The SMILES string of the molecule is COC(=O)C1=Cc2cc(Br)ccc2OC1(C)OC. The predicted molar refractivity (Wildman–Crippen MR) is 70.2 cm³/mol. The second kappa shape index (κ2) is 4.74. The van der Waals surface area contributed by atoms with Crippen LogP contribution in [0.3, 0.4) is 0 Å². The van der Waals surface area contributed by atoms with Crippen LogP contribution in [0.4, 0.5) is 0 Å². The molecule has 0 saturated carbocycles. The minimum Gasteiger partial charge on any atom is -0.465 e. The van der Waals surface area contributed by atoms with Crippen LogP contribution in [0.5, 0.6) is 5.75 Å². The Bertz CT molecular complexity index is 524. The second-order valence-electron chi connectivity index (χ2n) is 3.98. The van der Waals surface area contributed by atoms with Crippen molar-refractivity contribution in [2.45, 2.75) is 12.7 Å². The van der Waals surface area contributed by atoms with Gasteiger partial charge in [0.2, 0.25) is 5.79 Å². The third kappa shape index (κ3) is 2.15. The summed E-state index contributed by atoms with van der Waals surface area (Å²) < 4.78 is 16.7. The molecule has 1 aliphatic rings. The number of hydrogen-bond acceptors (Lipinski definition) is 4. The first-order valence-electron chi connectivity index (χ1n) is 5.34. The van der Waals surface area contributed by atoms with Crippen molar-refractivity contribution in [2.75, 3.05) is 14.2 Å². The number of benzene rings is 1. The molecule has 5 heteroatoms. The minimum absolute atomic E-state index is 0.332. The van der Waals surface area contributed by atoms with E-state index in [9.17, 15) is 4.79 Å². The van der Waals surface area contributed by atoms with Crippen molar-refractivity contribution >= 4 is 28.0 Å². The molecule has 0 spiro atoms. The quantitative estimate of drug-likeness (QED) is 0.788. The monoisotopic (exact) mass is 312 g/mol. The fourth-order valence-electron chi connectivity index (χ4n) is 1.78. The van der Waals surface area contributed by atoms with Crippen molar-refractivity contribution in [1.82, 2.24) is 0 Å². The third-order valence-electron chi connectivity index (χ3n) is 2.86. The van der Waals surface area contributed by atoms with Crippen LogP contribution < -0.4 is 4.74 Å². The van der Waals surface area contributed by atoms with E-state index in [0.717, 1.165) is 10.0 Å². The van der Waals surface area contributed by atoms with E-state index in [1.807, 2.05) is 18.2 Å². The van der Waals surface area contributed by atoms with E-state index in [2.05, 4.69) is 15.9 Å². The molecular weight excluding hydrogens is 300 g/mol. The molecule has 0 N–H and O–H groups in total. The van der Waals surface area contributed by atoms with Crippen molar-refractivity contribution in [1.29, 1.82) is 0 Å². The Labute approximate surface area is 114 Å². The van der Waals surface area contributed by atoms with Crippen LogP contribution in [0.2, 0.25) is 0 Å². The topological polar surface area (TPSA) is 44.8 Å². The number of rotatable bonds is 2. The Morgan fingerprint density at radius 3 is 2.72 bits per heavy atom. The summed E-state index contributed by atoms with van der Waals surface area (Å²) in [6, 6.07) is 5.56. The van der Waals surface area contributed by atoms with E-state index in [-0.39, 0.29) is 0 Å². The fraction of sp³-hybridized carbons (Fsp3) is 0.308. The Hall–Kier alpha value is -1.33. The first-order valence-corrected chi connectivity index (χ1v) is 6.13. The Kier molecular flexibility index (Phi) is 3.45. The van der Waals surface area contributed by atoms with Gasteiger partial charge in [0.15, 0.2) is 0 Å². The molecule has 96 valence electrons. The van der Waals surface area contributed by atoms with Gasteiger partial charge >= 0.3 is 5.97 Å². The van der Waals surface area contributed by atoms with Crippen LogP contribution in [0, 0.1) is 0 Å². The summed E-state index contributed by atoms with van der Waals surface area (Å²) in [6.07, 6.45) is 1.72. The largest absolute Gasteiger partial charge is 0.465 e. The molecule has 0 bridgehead atoms. The lowest BCUT2D eigenvalue weighted by atomic mass is 10.00. The summed E-state index contributed by atoms with van der Waals surface area (Å²) in [4.78, 5) is 11.8. The number of fused-ring (bicyclic) bond motifs is 1. The van der Waals surface area contributed by atoms with Gasteiger partial charge in [0.1, 0.15) is 11.3 Å². The summed E-state index contributed by atoms with van der Waals surface area (Å²) in [5.74, 6) is -0.936. The molecule has 1 atom stereocenters. The number of esters is 1. The lowest BCUT2D eigenvalue weighted by molar-refractivity contribution is -0.153. The van der Waals surface area contributed by atoms with Crippen LogP contribution in [0.15, 0.2) is 28.2 Å². The molecule has 0 amide bonds. The van der Waals surface area contributed by atoms with Gasteiger partial charge in [0.05, 0.1) is 7.11 Å². The average Bonchev–Trinajstić information content (AvgIpc) is 2.37. The third-order valence-corrected chi connectivity index (χ3v) is 3.35. The van der Waals surface area contributed by atoms with Gasteiger partial charge in [0.25, 0.3) is 0 Å². The average molecular weight is 313 g/mol. The van der Waals surface area contributed by atoms with Crippen LogP contribution in [0.1, 0.15) is 12.5 Å². The van der Waals surface area contributed by atoms with Gasteiger partial charge < -0.3 is 14.2 Å². The lowest BCUT2D eigenvalue weighted by Crippen LogP contribution is -2.42. The first-order chi connectivity index (χ1) is 8.50. The summed E-state index contributed by atoms with van der Waals surface area (Å²) in [6.45, 7) is 1.68. The highest BCUT2D eigenvalue weighted by Gasteiger charge is 2.40. The number of carbonyl (C=O) groups excluding carboxylic acids is 1. The molecule has 18 heavy (non-hydrogen) atoms. The molecule has 0 aliphatic carbocycles. The van der Waals surface area contributed by atoms with Gasteiger partial charge in [-0.05, 0) is 24.3 Å². The highest BCUT2D eigenvalue weighted by atomic mass is 79.9. The van der Waals surface area contributed by atoms with Crippen molar-refractivity contribution in [3.63, 3.8) is 0 Å².